The largest absolute Gasteiger partial charge is 0.435 e. The zero-order valence-electron chi connectivity index (χ0n) is 12.6. The number of hydrogen-bond acceptors (Lipinski definition) is 3. The molecule has 23 heavy (non-hydrogen) atoms. The van der Waals surface area contributed by atoms with Gasteiger partial charge < -0.3 is 10.1 Å². The van der Waals surface area contributed by atoms with Crippen LogP contribution in [-0.4, -0.2) is 22.3 Å². The summed E-state index contributed by atoms with van der Waals surface area (Å²) in [5.74, 6) is -0.209. The van der Waals surface area contributed by atoms with Crippen molar-refractivity contribution >= 4 is 5.91 Å². The summed E-state index contributed by atoms with van der Waals surface area (Å²) in [6.45, 7) is -2.87. The normalized spacial score (nSPS) is 17.0. The fraction of sp³-hybridized carbons (Fsp3) is 0.375. The monoisotopic (exact) mass is 321 g/mol. The molecule has 0 radical (unpaired) electrons. The van der Waals surface area contributed by atoms with Crippen molar-refractivity contribution in [2.24, 2.45) is 7.05 Å². The Bertz CT molecular complexity index is 698. The van der Waals surface area contributed by atoms with E-state index in [1.165, 1.54) is 24.3 Å². The zero-order chi connectivity index (χ0) is 16.4. The van der Waals surface area contributed by atoms with Crippen LogP contribution in [0.4, 0.5) is 8.78 Å². The number of alkyl halides is 2. The van der Waals surface area contributed by atoms with Gasteiger partial charge in [0.2, 0.25) is 0 Å². The van der Waals surface area contributed by atoms with Gasteiger partial charge in [0.15, 0.2) is 0 Å². The highest BCUT2D eigenvalue weighted by molar-refractivity contribution is 5.94. The summed E-state index contributed by atoms with van der Waals surface area (Å²) in [5.41, 5.74) is 2.47. The van der Waals surface area contributed by atoms with Crippen LogP contribution < -0.4 is 10.1 Å². The number of ether oxygens (including phenoxy) is 1. The minimum absolute atomic E-state index is 0.0313. The molecule has 122 valence electrons. The first-order valence-electron chi connectivity index (χ1n) is 7.41. The van der Waals surface area contributed by atoms with E-state index in [0.717, 1.165) is 30.5 Å². The third-order valence-electron chi connectivity index (χ3n) is 3.87. The summed E-state index contributed by atoms with van der Waals surface area (Å²) in [6, 6.07) is 5.59. The lowest BCUT2D eigenvalue weighted by molar-refractivity contribution is -0.0498. The molecule has 1 aromatic heterocycles. The number of benzene rings is 1. The molecule has 3 rings (SSSR count). The Morgan fingerprint density at radius 3 is 2.83 bits per heavy atom. The molecule has 0 bridgehead atoms. The highest BCUT2D eigenvalue weighted by Crippen LogP contribution is 2.29. The van der Waals surface area contributed by atoms with Crippen molar-refractivity contribution in [3.8, 4) is 5.75 Å². The second-order valence-corrected chi connectivity index (χ2v) is 5.53. The highest BCUT2D eigenvalue weighted by atomic mass is 19.3. The fourth-order valence-electron chi connectivity index (χ4n) is 2.85. The van der Waals surface area contributed by atoms with Crippen LogP contribution in [0.15, 0.2) is 30.5 Å². The molecule has 0 spiro atoms. The quantitative estimate of drug-likeness (QED) is 0.942. The first kappa shape index (κ1) is 15.5. The molecule has 5 nitrogen and oxygen atoms in total. The number of halogens is 2. The first-order valence-corrected chi connectivity index (χ1v) is 7.41. The maximum Gasteiger partial charge on any atom is 0.387 e. The van der Waals surface area contributed by atoms with Gasteiger partial charge in [0.1, 0.15) is 5.75 Å². The minimum Gasteiger partial charge on any atom is -0.435 e. The Kier molecular flexibility index (Phi) is 4.27. The molecule has 1 aliphatic carbocycles. The maximum absolute atomic E-state index is 12.3. The smallest absolute Gasteiger partial charge is 0.387 e. The summed E-state index contributed by atoms with van der Waals surface area (Å²) in [4.78, 5) is 12.3. The van der Waals surface area contributed by atoms with Gasteiger partial charge in [0, 0.05) is 24.4 Å². The van der Waals surface area contributed by atoms with Gasteiger partial charge in [0.05, 0.1) is 11.7 Å². The van der Waals surface area contributed by atoms with Gasteiger partial charge in [-0.15, -0.1) is 0 Å². The SMILES string of the molecule is Cn1cc2c(n1)CCC[C@@H]2NC(=O)c1ccc(OC(F)F)cc1. The van der Waals surface area contributed by atoms with E-state index in [1.807, 2.05) is 13.2 Å². The number of aryl methyl sites for hydroxylation is 2. The molecule has 1 atom stereocenters. The van der Waals surface area contributed by atoms with E-state index in [0.29, 0.717) is 5.56 Å². The van der Waals surface area contributed by atoms with Crippen molar-refractivity contribution in [1.82, 2.24) is 15.1 Å². The van der Waals surface area contributed by atoms with E-state index in [9.17, 15) is 13.6 Å². The van der Waals surface area contributed by atoms with Gasteiger partial charge in [-0.25, -0.2) is 0 Å². The zero-order valence-corrected chi connectivity index (χ0v) is 12.6. The van der Waals surface area contributed by atoms with Gasteiger partial charge in [0.25, 0.3) is 5.91 Å². The van der Waals surface area contributed by atoms with Crippen molar-refractivity contribution in [3.05, 3.63) is 47.3 Å². The fourth-order valence-corrected chi connectivity index (χ4v) is 2.85. The summed E-state index contributed by atoms with van der Waals surface area (Å²) in [7, 11) is 1.86. The molecule has 1 heterocycles. The van der Waals surface area contributed by atoms with Crippen molar-refractivity contribution in [3.63, 3.8) is 0 Å². The topological polar surface area (TPSA) is 56.2 Å². The molecule has 0 saturated carbocycles. The van der Waals surface area contributed by atoms with Gasteiger partial charge in [-0.1, -0.05) is 0 Å². The second kappa shape index (κ2) is 6.36. The van der Waals surface area contributed by atoms with Crippen molar-refractivity contribution in [2.45, 2.75) is 31.9 Å². The van der Waals surface area contributed by atoms with Crippen molar-refractivity contribution < 1.29 is 18.3 Å². The number of aromatic nitrogens is 2. The summed E-state index contributed by atoms with van der Waals surface area (Å²) >= 11 is 0. The number of amides is 1. The molecular weight excluding hydrogens is 304 g/mol. The highest BCUT2D eigenvalue weighted by Gasteiger charge is 2.24. The van der Waals surface area contributed by atoms with Gasteiger partial charge in [-0.05, 0) is 43.5 Å². The number of rotatable bonds is 4. The third-order valence-corrected chi connectivity index (χ3v) is 3.87. The van der Waals surface area contributed by atoms with Gasteiger partial charge in [-0.2, -0.15) is 13.9 Å². The third kappa shape index (κ3) is 3.49. The number of hydrogen-bond donors (Lipinski definition) is 1. The molecule has 0 unspecified atom stereocenters. The predicted octanol–water partition coefficient (Wildman–Crippen LogP) is 2.83. The molecule has 1 aliphatic rings. The predicted molar refractivity (Wildman–Crippen MR) is 79.4 cm³/mol. The number of fused-ring (bicyclic) bond motifs is 1. The lowest BCUT2D eigenvalue weighted by Gasteiger charge is -2.22. The molecule has 0 fully saturated rings. The first-order chi connectivity index (χ1) is 11.0. The Balaban J connectivity index is 1.70. The Hall–Kier alpha value is -2.44. The van der Waals surface area contributed by atoms with Crippen LogP contribution in [0.5, 0.6) is 5.75 Å². The van der Waals surface area contributed by atoms with Crippen LogP contribution in [0.1, 0.15) is 40.5 Å². The lowest BCUT2D eigenvalue weighted by atomic mass is 9.93. The molecule has 1 amide bonds. The number of carbonyl (C=O) groups excluding carboxylic acids is 1. The van der Waals surface area contributed by atoms with Gasteiger partial charge in [-0.3, -0.25) is 9.48 Å². The molecule has 0 saturated heterocycles. The van der Waals surface area contributed by atoms with Crippen LogP contribution in [0.2, 0.25) is 0 Å². The summed E-state index contributed by atoms with van der Waals surface area (Å²) in [6.07, 6.45) is 4.67. The molecule has 1 N–H and O–H groups in total. The van der Waals surface area contributed by atoms with E-state index >= 15 is 0 Å². The van der Waals surface area contributed by atoms with Crippen molar-refractivity contribution in [2.75, 3.05) is 0 Å². The van der Waals surface area contributed by atoms with E-state index in [2.05, 4.69) is 15.2 Å². The number of nitrogens with one attached hydrogen (secondary N) is 1. The molecule has 0 aliphatic heterocycles. The van der Waals surface area contributed by atoms with Crippen molar-refractivity contribution in [1.29, 1.82) is 0 Å². The molecule has 1 aromatic carbocycles. The van der Waals surface area contributed by atoms with E-state index < -0.39 is 6.61 Å². The average molecular weight is 321 g/mol. The summed E-state index contributed by atoms with van der Waals surface area (Å²) in [5, 5.41) is 7.38. The minimum atomic E-state index is -2.87. The van der Waals surface area contributed by atoms with E-state index in [4.69, 9.17) is 0 Å². The summed E-state index contributed by atoms with van der Waals surface area (Å²) < 4.78 is 30.3. The Labute approximate surface area is 132 Å². The number of carbonyl (C=O) groups is 1. The van der Waals surface area contributed by atoms with Crippen LogP contribution in [-0.2, 0) is 13.5 Å². The van der Waals surface area contributed by atoms with Crippen LogP contribution in [0.3, 0.4) is 0 Å². The second-order valence-electron chi connectivity index (χ2n) is 5.53. The average Bonchev–Trinajstić information content (AvgIpc) is 2.88. The van der Waals surface area contributed by atoms with Crippen LogP contribution in [0, 0.1) is 0 Å². The van der Waals surface area contributed by atoms with Crippen LogP contribution in [0.25, 0.3) is 0 Å². The molecule has 2 aromatic rings. The van der Waals surface area contributed by atoms with Gasteiger partial charge >= 0.3 is 6.61 Å². The van der Waals surface area contributed by atoms with E-state index in [1.54, 1.807) is 4.68 Å². The lowest BCUT2D eigenvalue weighted by Crippen LogP contribution is -2.30. The molecular formula is C16H17F2N3O2. The Morgan fingerprint density at radius 1 is 1.39 bits per heavy atom. The van der Waals surface area contributed by atoms with Crippen LogP contribution >= 0.6 is 0 Å². The maximum atomic E-state index is 12.3. The number of nitrogens with zero attached hydrogens (tertiary/aromatic N) is 2. The Morgan fingerprint density at radius 2 is 2.13 bits per heavy atom. The van der Waals surface area contributed by atoms with E-state index in [-0.39, 0.29) is 17.7 Å². The standard InChI is InChI=1S/C16H17F2N3O2/c1-21-9-12-13(3-2-4-14(12)20-21)19-15(22)10-5-7-11(8-6-10)23-16(17)18/h5-9,13,16H,2-4H2,1H3,(H,19,22)/t13-/m0/s1. The molecule has 7 heteroatoms.